The Hall–Kier alpha value is -2.45. The van der Waals surface area contributed by atoms with Crippen molar-refractivity contribution in [1.29, 1.82) is 0 Å². The molecule has 5 saturated carbocycles. The van der Waals surface area contributed by atoms with Crippen molar-refractivity contribution in [2.75, 3.05) is 19.8 Å². The number of carboxylic acids is 1. The Morgan fingerprint density at radius 3 is 1.94 bits per heavy atom. The normalized spacial score (nSPS) is 52.8. The van der Waals surface area contributed by atoms with Gasteiger partial charge in [0.25, 0.3) is 0 Å². The van der Waals surface area contributed by atoms with Gasteiger partial charge in [-0.3, -0.25) is 14.4 Å². The van der Waals surface area contributed by atoms with Gasteiger partial charge in [-0.1, -0.05) is 27.4 Å². The van der Waals surface area contributed by atoms with Crippen LogP contribution in [0.15, 0.2) is 12.2 Å². The second kappa shape index (κ2) is 19.9. The molecule has 8 rings (SSSR count). The third-order valence-electron chi connectivity index (χ3n) is 20.2. The van der Waals surface area contributed by atoms with Crippen molar-refractivity contribution in [3.63, 3.8) is 0 Å². The Balaban J connectivity index is 0.982. The van der Waals surface area contributed by atoms with Gasteiger partial charge in [0.05, 0.1) is 31.3 Å². The molecule has 0 aromatic rings. The van der Waals surface area contributed by atoms with E-state index in [1.807, 2.05) is 0 Å². The second-order valence-corrected chi connectivity index (χ2v) is 23.3. The highest BCUT2D eigenvalue weighted by atomic mass is 16.8. The van der Waals surface area contributed by atoms with Crippen molar-refractivity contribution in [2.24, 2.45) is 56.7 Å². The number of carboxylic acid groups (broad SMARTS) is 1. The number of hydrogen-bond acceptors (Lipinski definition) is 20. The molecule has 1 unspecified atom stereocenters. The molecule has 0 aromatic carbocycles. The van der Waals surface area contributed by atoms with Crippen molar-refractivity contribution >= 4 is 17.9 Å². The van der Waals surface area contributed by atoms with E-state index in [-0.39, 0.29) is 47.0 Å². The molecule has 26 atom stereocenters. The van der Waals surface area contributed by atoms with Crippen LogP contribution in [0.2, 0.25) is 0 Å². The zero-order valence-electron chi connectivity index (χ0n) is 41.5. The monoisotopic (exact) mass is 1010 g/mol. The van der Waals surface area contributed by atoms with Gasteiger partial charge in [0.1, 0.15) is 78.7 Å². The number of rotatable bonds is 12. The molecule has 8 fully saturated rings. The Morgan fingerprint density at radius 2 is 1.30 bits per heavy atom. The molecule has 0 aromatic heterocycles. The molecule has 0 amide bonds. The SMILES string of the molecule is C=C(CO)[C@@H]1CC[C@]2(C(=O)O[C@@H]3O[C@H](CO[C@@H]4O[C@H](CO)[C@@H](O[C@@H]5O[C@@H](C)[C@H](O)[C@@H](O)[C@H]5O)[C@H](O)[C@H]4O)[C@@H](O)[C@H](O)[C@H]3O)CC[C@]3(C)[C@H](CC[C@@H]4[C@@]5(C)CC[C@@H](OC(C)=O)[C@@](C)(C(=O)O)[C@@H]5CC[C@]43C)C12. The molecule has 0 bridgehead atoms. The summed E-state index contributed by atoms with van der Waals surface area (Å²) in [7, 11) is 0. The first-order valence-electron chi connectivity index (χ1n) is 25.5. The van der Waals surface area contributed by atoms with Crippen LogP contribution in [0.1, 0.15) is 106 Å². The van der Waals surface area contributed by atoms with E-state index >= 15 is 4.79 Å². The lowest BCUT2D eigenvalue weighted by Gasteiger charge is -2.72. The molecule has 3 saturated heterocycles. The van der Waals surface area contributed by atoms with Gasteiger partial charge in [0.15, 0.2) is 12.6 Å². The number of esters is 2. The van der Waals surface area contributed by atoms with Crippen molar-refractivity contribution in [3.05, 3.63) is 12.2 Å². The van der Waals surface area contributed by atoms with Gasteiger partial charge >= 0.3 is 17.9 Å². The first-order chi connectivity index (χ1) is 33.3. The molecule has 0 radical (unpaired) electrons. The summed E-state index contributed by atoms with van der Waals surface area (Å²) in [4.78, 5) is 40.5. The van der Waals surface area contributed by atoms with Crippen LogP contribution < -0.4 is 0 Å². The zero-order chi connectivity index (χ0) is 52.1. The molecular weight excluding hydrogens is 937 g/mol. The first-order valence-corrected chi connectivity index (χ1v) is 25.5. The summed E-state index contributed by atoms with van der Waals surface area (Å²) in [5, 5.41) is 118. The maximum Gasteiger partial charge on any atom is 0.314 e. The van der Waals surface area contributed by atoms with Gasteiger partial charge in [0, 0.05) is 6.92 Å². The lowest BCUT2D eigenvalue weighted by Crippen LogP contribution is -2.68. The summed E-state index contributed by atoms with van der Waals surface area (Å²) in [6.07, 6.45) is -19.8. The van der Waals surface area contributed by atoms with Crippen molar-refractivity contribution in [3.8, 4) is 0 Å². The van der Waals surface area contributed by atoms with E-state index in [9.17, 15) is 65.8 Å². The quantitative estimate of drug-likeness (QED) is 0.0878. The highest BCUT2D eigenvalue weighted by Crippen LogP contribution is 2.78. The van der Waals surface area contributed by atoms with Crippen molar-refractivity contribution < 1.29 is 104 Å². The summed E-state index contributed by atoms with van der Waals surface area (Å²) in [6.45, 7) is 13.8. The van der Waals surface area contributed by atoms with Crippen LogP contribution in [0.3, 0.4) is 0 Å². The fraction of sp³-hybridized carbons (Fsp3) is 0.900. The number of aliphatic carboxylic acids is 1. The summed E-state index contributed by atoms with van der Waals surface area (Å²) < 4.78 is 40.3. The number of aliphatic hydroxyl groups excluding tert-OH is 10. The topological polar surface area (TPSA) is 338 Å². The third kappa shape index (κ3) is 8.62. The molecule has 8 aliphatic rings. The van der Waals surface area contributed by atoms with E-state index in [4.69, 9.17) is 33.2 Å². The van der Waals surface area contributed by atoms with E-state index in [0.29, 0.717) is 63.4 Å². The highest BCUT2D eigenvalue weighted by molar-refractivity contribution is 5.79. The average molecular weight is 1020 g/mol. The van der Waals surface area contributed by atoms with Crippen LogP contribution in [-0.4, -0.2) is 192 Å². The Labute approximate surface area is 413 Å². The smallest absolute Gasteiger partial charge is 0.314 e. The second-order valence-electron chi connectivity index (χ2n) is 23.3. The highest BCUT2D eigenvalue weighted by Gasteiger charge is 2.74. The predicted molar refractivity (Wildman–Crippen MR) is 242 cm³/mol. The standard InChI is InChI=1S/C50H78O21/c1-21(18-51)24-10-15-50(17-16-47(5)25(31(24)50)8-9-28-46(4)13-12-30(67-23(3)53)49(7,44(62)63)29(46)11-14-48(28,47)6)45(64)71-43-38(60)35(57)33(55)27(69-43)20-65-41-39(61)36(58)40(26(19-52)68-41)70-42-37(59)34(56)32(54)22(2)66-42/h22,24-43,51-52,54-61H,1,8-20H2,2-7H3,(H,62,63)/t22-,24-,25+,26+,27+,28+,29+,30+,31?,32-,33+,34+,35-,36+,37+,38+,39+,40+,41+,42-,43-,46+,47+,48+,49-,50-/m0/s1. The molecule has 404 valence electrons. The number of aliphatic hydroxyl groups is 10. The lowest BCUT2D eigenvalue weighted by molar-refractivity contribution is -0.361. The number of carbonyl (C=O) groups excluding carboxylic acids is 2. The summed E-state index contributed by atoms with van der Waals surface area (Å²) >= 11 is 0. The number of fused-ring (bicyclic) bond motifs is 7. The third-order valence-corrected chi connectivity index (χ3v) is 20.2. The van der Waals surface area contributed by atoms with Crippen LogP contribution >= 0.6 is 0 Å². The maximum atomic E-state index is 15.0. The van der Waals surface area contributed by atoms with E-state index in [0.717, 1.165) is 6.42 Å². The van der Waals surface area contributed by atoms with Crippen molar-refractivity contribution in [2.45, 2.75) is 204 Å². The maximum absolute atomic E-state index is 15.0. The summed E-state index contributed by atoms with van der Waals surface area (Å²) in [5.74, 6) is -2.99. The Bertz CT molecular complexity index is 1990. The van der Waals surface area contributed by atoms with Gasteiger partial charge < -0.3 is 89.3 Å². The van der Waals surface area contributed by atoms with Crippen molar-refractivity contribution in [1.82, 2.24) is 0 Å². The van der Waals surface area contributed by atoms with E-state index < -0.39 is 146 Å². The van der Waals surface area contributed by atoms with Crippen LogP contribution in [0.5, 0.6) is 0 Å². The number of ether oxygens (including phenoxy) is 7. The molecule has 21 heteroatoms. The minimum absolute atomic E-state index is 0.0664. The largest absolute Gasteiger partial charge is 0.481 e. The molecule has 3 heterocycles. The van der Waals surface area contributed by atoms with E-state index in [2.05, 4.69) is 27.4 Å². The summed E-state index contributed by atoms with van der Waals surface area (Å²) in [5.41, 5.74) is -2.88. The van der Waals surface area contributed by atoms with E-state index in [1.54, 1.807) is 6.92 Å². The molecule has 71 heavy (non-hydrogen) atoms. The molecule has 11 N–H and O–H groups in total. The van der Waals surface area contributed by atoms with Gasteiger partial charge in [-0.25, -0.2) is 0 Å². The van der Waals surface area contributed by atoms with Crippen LogP contribution in [0.4, 0.5) is 0 Å². The van der Waals surface area contributed by atoms with Crippen LogP contribution in [0, 0.1) is 56.7 Å². The van der Waals surface area contributed by atoms with Gasteiger partial charge in [-0.2, -0.15) is 0 Å². The van der Waals surface area contributed by atoms with Gasteiger partial charge in [0.2, 0.25) is 6.29 Å². The average Bonchev–Trinajstić information content (AvgIpc) is 3.73. The summed E-state index contributed by atoms with van der Waals surface area (Å²) in [6, 6.07) is 0. The number of hydrogen-bond donors (Lipinski definition) is 11. The van der Waals surface area contributed by atoms with Crippen LogP contribution in [0.25, 0.3) is 0 Å². The molecular formula is C50H78O21. The number of carbonyl (C=O) groups is 3. The Kier molecular flexibility index (Phi) is 15.4. The predicted octanol–water partition coefficient (Wildman–Crippen LogP) is -0.368. The van der Waals surface area contributed by atoms with E-state index in [1.165, 1.54) is 13.8 Å². The Morgan fingerprint density at radius 1 is 0.648 bits per heavy atom. The first kappa shape index (κ1) is 54.8. The molecule has 3 aliphatic heterocycles. The van der Waals surface area contributed by atoms with Crippen LogP contribution in [-0.2, 0) is 47.5 Å². The minimum Gasteiger partial charge on any atom is -0.481 e. The fourth-order valence-corrected chi connectivity index (χ4v) is 16.1. The molecule has 21 nitrogen and oxygen atoms in total. The molecule has 5 aliphatic carbocycles. The zero-order valence-corrected chi connectivity index (χ0v) is 41.5. The lowest BCUT2D eigenvalue weighted by atomic mass is 9.32. The minimum atomic E-state index is -1.91. The fourth-order valence-electron chi connectivity index (χ4n) is 16.1. The molecule has 0 spiro atoms. The van der Waals surface area contributed by atoms with Gasteiger partial charge in [-0.15, -0.1) is 0 Å². The van der Waals surface area contributed by atoms with Gasteiger partial charge in [-0.05, 0) is 129 Å².